The molecule has 0 saturated carbocycles. The van der Waals surface area contributed by atoms with Crippen LogP contribution in [0.15, 0.2) is 24.3 Å². The number of nitrogens with one attached hydrogen (secondary N) is 1. The lowest BCUT2D eigenvalue weighted by molar-refractivity contribution is -0.120. The van der Waals surface area contributed by atoms with Gasteiger partial charge in [0.25, 0.3) is 0 Å². The molecule has 110 valence electrons. The molecule has 1 aromatic carbocycles. The Balaban J connectivity index is 2.58. The summed E-state index contributed by atoms with van der Waals surface area (Å²) >= 11 is 4.88. The van der Waals surface area contributed by atoms with Gasteiger partial charge >= 0.3 is 0 Å². The maximum absolute atomic E-state index is 12.2. The third kappa shape index (κ3) is 5.70. The van der Waals surface area contributed by atoms with E-state index in [1.54, 1.807) is 0 Å². The number of anilines is 1. The lowest BCUT2D eigenvalue weighted by Crippen LogP contribution is -2.22. The van der Waals surface area contributed by atoms with Crippen LogP contribution in [0.5, 0.6) is 0 Å². The second-order valence-electron chi connectivity index (χ2n) is 5.08. The molecule has 0 fully saturated rings. The highest BCUT2D eigenvalue weighted by atomic mass is 32.1. The van der Waals surface area contributed by atoms with Crippen LogP contribution in [-0.4, -0.2) is 10.9 Å². The van der Waals surface area contributed by atoms with Gasteiger partial charge < -0.3 is 11.1 Å². The van der Waals surface area contributed by atoms with E-state index in [2.05, 4.69) is 19.2 Å². The van der Waals surface area contributed by atoms with Crippen molar-refractivity contribution in [3.05, 3.63) is 29.8 Å². The summed E-state index contributed by atoms with van der Waals surface area (Å²) in [6.07, 6.45) is 4.65. The van der Waals surface area contributed by atoms with Gasteiger partial charge in [-0.3, -0.25) is 4.79 Å². The van der Waals surface area contributed by atoms with E-state index in [-0.39, 0.29) is 11.8 Å². The Morgan fingerprint density at radius 2 is 1.95 bits per heavy atom. The average Bonchev–Trinajstić information content (AvgIpc) is 2.41. The molecule has 0 bridgehead atoms. The number of carbonyl (C=O) groups is 1. The highest BCUT2D eigenvalue weighted by molar-refractivity contribution is 7.80. The summed E-state index contributed by atoms with van der Waals surface area (Å²) in [6.45, 7) is 4.20. The zero-order chi connectivity index (χ0) is 15.0. The normalized spacial score (nSPS) is 11.9. The molecule has 1 atom stereocenters. The molecule has 0 aliphatic rings. The molecule has 3 N–H and O–H groups in total. The topological polar surface area (TPSA) is 55.1 Å². The van der Waals surface area contributed by atoms with Gasteiger partial charge in [0.1, 0.15) is 0 Å². The Hall–Kier alpha value is -1.42. The van der Waals surface area contributed by atoms with Gasteiger partial charge in [0, 0.05) is 18.0 Å². The summed E-state index contributed by atoms with van der Waals surface area (Å²) < 4.78 is 0. The van der Waals surface area contributed by atoms with Crippen LogP contribution in [0.2, 0.25) is 0 Å². The molecule has 1 unspecified atom stereocenters. The third-order valence-corrected chi connectivity index (χ3v) is 3.51. The second-order valence-corrected chi connectivity index (χ2v) is 5.60. The Labute approximate surface area is 126 Å². The first-order valence-electron chi connectivity index (χ1n) is 7.24. The highest BCUT2D eigenvalue weighted by Crippen LogP contribution is 2.17. The molecule has 3 nitrogen and oxygen atoms in total. The first-order chi connectivity index (χ1) is 9.56. The number of benzene rings is 1. The summed E-state index contributed by atoms with van der Waals surface area (Å²) in [5, 5.41) is 2.98. The summed E-state index contributed by atoms with van der Waals surface area (Å²) in [5.41, 5.74) is 7.40. The zero-order valence-electron chi connectivity index (χ0n) is 12.3. The smallest absolute Gasteiger partial charge is 0.227 e. The molecule has 0 aliphatic carbocycles. The fraction of sp³-hybridized carbons (Fsp3) is 0.500. The fourth-order valence-electron chi connectivity index (χ4n) is 2.12. The van der Waals surface area contributed by atoms with Gasteiger partial charge in [-0.1, -0.05) is 51.0 Å². The largest absolute Gasteiger partial charge is 0.393 e. The van der Waals surface area contributed by atoms with Gasteiger partial charge in [-0.2, -0.15) is 0 Å². The zero-order valence-corrected chi connectivity index (χ0v) is 13.1. The van der Waals surface area contributed by atoms with E-state index in [1.807, 2.05) is 24.3 Å². The minimum Gasteiger partial charge on any atom is -0.393 e. The number of hydrogen-bond donors (Lipinski definition) is 2. The van der Waals surface area contributed by atoms with Crippen LogP contribution in [0, 0.1) is 5.92 Å². The first-order valence-corrected chi connectivity index (χ1v) is 7.65. The number of thiocarbonyl (C=S) groups is 1. The van der Waals surface area contributed by atoms with Crippen molar-refractivity contribution in [3.63, 3.8) is 0 Å². The van der Waals surface area contributed by atoms with Crippen LogP contribution >= 0.6 is 12.2 Å². The maximum Gasteiger partial charge on any atom is 0.227 e. The van der Waals surface area contributed by atoms with Crippen LogP contribution in [0.3, 0.4) is 0 Å². The molecule has 1 aromatic rings. The standard InChI is InChI=1S/C16H24N2OS/c1-3-5-6-13(4-2)16(19)18-14-9-7-12(8-10-14)11-15(17)20/h7-10,13H,3-6,11H2,1-2H3,(H2,17,20)(H,18,19). The van der Waals surface area contributed by atoms with Crippen molar-refractivity contribution < 1.29 is 4.79 Å². The number of amides is 1. The molecule has 0 spiro atoms. The predicted octanol–water partition coefficient (Wildman–Crippen LogP) is 3.67. The van der Waals surface area contributed by atoms with Crippen LogP contribution in [0.4, 0.5) is 5.69 Å². The monoisotopic (exact) mass is 292 g/mol. The van der Waals surface area contributed by atoms with E-state index >= 15 is 0 Å². The van der Waals surface area contributed by atoms with Gasteiger partial charge in [0.05, 0.1) is 4.99 Å². The Bertz CT molecular complexity index is 442. The van der Waals surface area contributed by atoms with Crippen molar-refractivity contribution in [2.24, 2.45) is 11.7 Å². The predicted molar refractivity (Wildman–Crippen MR) is 88.9 cm³/mol. The van der Waals surface area contributed by atoms with E-state index in [0.29, 0.717) is 11.4 Å². The van der Waals surface area contributed by atoms with Crippen molar-refractivity contribution >= 4 is 28.8 Å². The molecule has 0 aliphatic heterocycles. The molecule has 1 rings (SSSR count). The lowest BCUT2D eigenvalue weighted by atomic mass is 9.98. The minimum absolute atomic E-state index is 0.103. The van der Waals surface area contributed by atoms with Crippen molar-refractivity contribution in [3.8, 4) is 0 Å². The molecule has 0 heterocycles. The Morgan fingerprint density at radius 3 is 2.45 bits per heavy atom. The summed E-state index contributed by atoms with van der Waals surface area (Å²) in [6, 6.07) is 7.69. The van der Waals surface area contributed by atoms with Crippen molar-refractivity contribution in [1.29, 1.82) is 0 Å². The van der Waals surface area contributed by atoms with E-state index in [0.717, 1.165) is 36.9 Å². The molecule has 20 heavy (non-hydrogen) atoms. The van der Waals surface area contributed by atoms with Gasteiger partial charge in [0.2, 0.25) is 5.91 Å². The summed E-state index contributed by atoms with van der Waals surface area (Å²) in [4.78, 5) is 12.6. The molecule has 0 radical (unpaired) electrons. The minimum atomic E-state index is 0.103. The number of rotatable bonds is 8. The second kappa shape index (κ2) is 8.69. The quantitative estimate of drug-likeness (QED) is 0.719. The maximum atomic E-state index is 12.2. The van der Waals surface area contributed by atoms with Crippen molar-refractivity contribution in [2.75, 3.05) is 5.32 Å². The fourth-order valence-corrected chi connectivity index (χ4v) is 2.29. The van der Waals surface area contributed by atoms with Gasteiger partial charge in [-0.05, 0) is 30.5 Å². The third-order valence-electron chi connectivity index (χ3n) is 3.37. The van der Waals surface area contributed by atoms with Crippen LogP contribution in [-0.2, 0) is 11.2 Å². The average molecular weight is 292 g/mol. The van der Waals surface area contributed by atoms with E-state index < -0.39 is 0 Å². The van der Waals surface area contributed by atoms with Gasteiger partial charge in [-0.15, -0.1) is 0 Å². The Kier molecular flexibility index (Phi) is 7.23. The highest BCUT2D eigenvalue weighted by Gasteiger charge is 2.15. The van der Waals surface area contributed by atoms with Gasteiger partial charge in [0.15, 0.2) is 0 Å². The molecule has 4 heteroatoms. The molecular formula is C16H24N2OS. The number of nitrogens with two attached hydrogens (primary N) is 1. The summed E-state index contributed by atoms with van der Waals surface area (Å²) in [7, 11) is 0. The van der Waals surface area contributed by atoms with Crippen molar-refractivity contribution in [2.45, 2.75) is 46.0 Å². The van der Waals surface area contributed by atoms with Crippen LogP contribution in [0.25, 0.3) is 0 Å². The SMILES string of the molecule is CCCCC(CC)C(=O)Nc1ccc(CC(N)=S)cc1. The Morgan fingerprint density at radius 1 is 1.30 bits per heavy atom. The molecule has 1 amide bonds. The van der Waals surface area contributed by atoms with E-state index in [4.69, 9.17) is 18.0 Å². The van der Waals surface area contributed by atoms with Crippen molar-refractivity contribution in [1.82, 2.24) is 0 Å². The molecule has 0 saturated heterocycles. The van der Waals surface area contributed by atoms with Crippen LogP contribution < -0.4 is 11.1 Å². The van der Waals surface area contributed by atoms with Gasteiger partial charge in [-0.25, -0.2) is 0 Å². The lowest BCUT2D eigenvalue weighted by Gasteiger charge is -2.14. The number of hydrogen-bond acceptors (Lipinski definition) is 2. The van der Waals surface area contributed by atoms with E-state index in [9.17, 15) is 4.79 Å². The number of unbranched alkanes of at least 4 members (excludes halogenated alkanes) is 1. The van der Waals surface area contributed by atoms with E-state index in [1.165, 1.54) is 0 Å². The first kappa shape index (κ1) is 16.6. The summed E-state index contributed by atoms with van der Waals surface area (Å²) in [5.74, 6) is 0.217. The molecular weight excluding hydrogens is 268 g/mol. The van der Waals surface area contributed by atoms with Crippen LogP contribution in [0.1, 0.15) is 45.1 Å². The molecule has 0 aromatic heterocycles. The number of carbonyl (C=O) groups excluding carboxylic acids is 1.